The number of nitrogens with one attached hydrogen (secondary N) is 1. The van der Waals surface area contributed by atoms with Gasteiger partial charge in [-0.05, 0) is 6.42 Å². The molecule has 0 spiro atoms. The Morgan fingerprint density at radius 1 is 0.897 bits per heavy atom. The van der Waals surface area contributed by atoms with Gasteiger partial charge in [0.1, 0.15) is 18.8 Å². The maximum Gasteiger partial charge on any atom is 0.303 e. The number of esters is 3. The zero-order valence-corrected chi connectivity index (χ0v) is 17.6. The third-order valence-electron chi connectivity index (χ3n) is 4.10. The Hall–Kier alpha value is -2.20. The zero-order valence-electron chi connectivity index (χ0n) is 17.6. The second kappa shape index (κ2) is 12.4. The molecule has 1 aliphatic heterocycles. The molecular weight excluding hydrogens is 386 g/mol. The second-order valence-electron chi connectivity index (χ2n) is 6.80. The largest absolute Gasteiger partial charge is 0.463 e. The first-order chi connectivity index (χ1) is 13.6. The number of rotatable bonds is 10. The monoisotopic (exact) mass is 417 g/mol. The average molecular weight is 417 g/mol. The van der Waals surface area contributed by atoms with E-state index in [1.165, 1.54) is 27.7 Å². The summed E-state index contributed by atoms with van der Waals surface area (Å²) in [6.45, 7) is 7.06. The van der Waals surface area contributed by atoms with E-state index < -0.39 is 54.5 Å². The quantitative estimate of drug-likeness (QED) is 0.313. The van der Waals surface area contributed by atoms with E-state index in [0.29, 0.717) is 6.61 Å². The van der Waals surface area contributed by atoms with Gasteiger partial charge in [0.25, 0.3) is 0 Å². The molecule has 0 aliphatic carbocycles. The van der Waals surface area contributed by atoms with Crippen LogP contribution in [0.25, 0.3) is 0 Å². The number of ether oxygens (including phenoxy) is 5. The van der Waals surface area contributed by atoms with E-state index in [2.05, 4.69) is 5.32 Å². The molecule has 1 saturated heterocycles. The van der Waals surface area contributed by atoms with Crippen molar-refractivity contribution in [1.29, 1.82) is 0 Å². The van der Waals surface area contributed by atoms with Gasteiger partial charge in [-0.15, -0.1) is 0 Å². The summed E-state index contributed by atoms with van der Waals surface area (Å²) < 4.78 is 27.4. The molecule has 0 saturated carbocycles. The molecule has 0 radical (unpaired) electrons. The molecule has 0 aromatic carbocycles. The lowest BCUT2D eigenvalue weighted by molar-refractivity contribution is -0.277. The minimum atomic E-state index is -1.11. The number of hydrogen-bond acceptors (Lipinski definition) is 9. The Morgan fingerprint density at radius 2 is 1.52 bits per heavy atom. The van der Waals surface area contributed by atoms with Crippen LogP contribution in [0.5, 0.6) is 0 Å². The van der Waals surface area contributed by atoms with Crippen molar-refractivity contribution >= 4 is 23.8 Å². The maximum absolute atomic E-state index is 11.8. The molecule has 1 rings (SSSR count). The number of carbonyl (C=O) groups is 4. The molecule has 1 fully saturated rings. The van der Waals surface area contributed by atoms with Crippen molar-refractivity contribution in [2.24, 2.45) is 0 Å². The molecule has 1 heterocycles. The molecule has 0 bridgehead atoms. The number of unbranched alkanes of at least 4 members (excludes halogenated alkanes) is 2. The van der Waals surface area contributed by atoms with Crippen molar-refractivity contribution in [3.63, 3.8) is 0 Å². The zero-order chi connectivity index (χ0) is 22.0. The van der Waals surface area contributed by atoms with Crippen LogP contribution in [0.3, 0.4) is 0 Å². The highest BCUT2D eigenvalue weighted by Crippen LogP contribution is 2.28. The minimum Gasteiger partial charge on any atom is -0.463 e. The molecule has 10 nitrogen and oxygen atoms in total. The molecule has 10 heteroatoms. The molecule has 166 valence electrons. The Kier molecular flexibility index (Phi) is 10.6. The number of carbonyl (C=O) groups excluding carboxylic acids is 4. The average Bonchev–Trinajstić information content (AvgIpc) is 2.60. The van der Waals surface area contributed by atoms with Crippen molar-refractivity contribution < 1.29 is 42.9 Å². The van der Waals surface area contributed by atoms with Crippen molar-refractivity contribution in [2.45, 2.75) is 84.5 Å². The van der Waals surface area contributed by atoms with E-state index in [0.717, 1.165) is 19.3 Å². The lowest BCUT2D eigenvalue weighted by Crippen LogP contribution is -2.66. The summed E-state index contributed by atoms with van der Waals surface area (Å²) in [5.74, 6) is -2.24. The summed E-state index contributed by atoms with van der Waals surface area (Å²) in [5, 5.41) is 2.65. The van der Waals surface area contributed by atoms with Crippen LogP contribution in [0, 0.1) is 0 Å². The lowest BCUT2D eigenvalue weighted by atomic mass is 9.96. The predicted octanol–water partition coefficient (Wildman–Crippen LogP) is 0.849. The predicted molar refractivity (Wildman–Crippen MR) is 99.5 cm³/mol. The van der Waals surface area contributed by atoms with Crippen molar-refractivity contribution in [1.82, 2.24) is 5.32 Å². The molecular formula is C19H31NO9. The van der Waals surface area contributed by atoms with Gasteiger partial charge in [-0.1, -0.05) is 19.8 Å². The van der Waals surface area contributed by atoms with Gasteiger partial charge in [0.15, 0.2) is 18.5 Å². The van der Waals surface area contributed by atoms with Crippen LogP contribution < -0.4 is 5.32 Å². The lowest BCUT2D eigenvalue weighted by Gasteiger charge is -2.44. The van der Waals surface area contributed by atoms with Gasteiger partial charge in [0.2, 0.25) is 5.91 Å². The molecule has 5 unspecified atom stereocenters. The molecule has 1 amide bonds. The summed E-state index contributed by atoms with van der Waals surface area (Å²) in [5.41, 5.74) is 0. The fourth-order valence-corrected chi connectivity index (χ4v) is 2.98. The van der Waals surface area contributed by atoms with E-state index in [1.54, 1.807) is 0 Å². The highest BCUT2D eigenvalue weighted by atomic mass is 16.7. The summed E-state index contributed by atoms with van der Waals surface area (Å²) in [6.07, 6.45) is -1.44. The molecule has 1 aliphatic rings. The van der Waals surface area contributed by atoms with Gasteiger partial charge < -0.3 is 29.0 Å². The van der Waals surface area contributed by atoms with Gasteiger partial charge in [0.05, 0.1) is 0 Å². The normalized spacial score (nSPS) is 26.3. The van der Waals surface area contributed by atoms with Crippen LogP contribution in [0.1, 0.15) is 53.9 Å². The maximum atomic E-state index is 11.8. The third-order valence-corrected chi connectivity index (χ3v) is 4.10. The first kappa shape index (κ1) is 24.8. The van der Waals surface area contributed by atoms with Crippen LogP contribution in [0.2, 0.25) is 0 Å². The van der Waals surface area contributed by atoms with E-state index in [1.807, 2.05) is 6.92 Å². The molecule has 0 aromatic rings. The topological polar surface area (TPSA) is 126 Å². The smallest absolute Gasteiger partial charge is 0.303 e. The van der Waals surface area contributed by atoms with Crippen LogP contribution >= 0.6 is 0 Å². The fraction of sp³-hybridized carbons (Fsp3) is 0.789. The van der Waals surface area contributed by atoms with E-state index in [4.69, 9.17) is 23.7 Å². The van der Waals surface area contributed by atoms with Crippen LogP contribution in [-0.4, -0.2) is 67.7 Å². The summed E-state index contributed by atoms with van der Waals surface area (Å²) in [7, 11) is 0. The first-order valence-electron chi connectivity index (χ1n) is 9.67. The Balaban J connectivity index is 3.17. The van der Waals surface area contributed by atoms with Gasteiger partial charge in [-0.25, -0.2) is 0 Å². The van der Waals surface area contributed by atoms with E-state index in [9.17, 15) is 19.2 Å². The van der Waals surface area contributed by atoms with Crippen molar-refractivity contribution in [3.8, 4) is 0 Å². The summed E-state index contributed by atoms with van der Waals surface area (Å²) in [6, 6.07) is -0.920. The van der Waals surface area contributed by atoms with Gasteiger partial charge in [-0.2, -0.15) is 0 Å². The molecule has 1 N–H and O–H groups in total. The highest BCUT2D eigenvalue weighted by molar-refractivity contribution is 5.73. The van der Waals surface area contributed by atoms with Crippen LogP contribution in [0.4, 0.5) is 0 Å². The molecule has 29 heavy (non-hydrogen) atoms. The van der Waals surface area contributed by atoms with Crippen molar-refractivity contribution in [2.75, 3.05) is 13.2 Å². The SMILES string of the molecule is CCCCCOC1OC(COC(C)=O)C(OC(C)=O)C(OC(C)=O)C1NC(C)=O. The number of amides is 1. The standard InChI is InChI=1S/C19H31NO9/c1-6-7-8-9-25-19-16(20-11(2)21)18(28-14(5)24)17(27-13(4)23)15(29-19)10-26-12(3)22/h15-19H,6-10H2,1-5H3,(H,20,21). The Labute approximate surface area is 170 Å². The van der Waals surface area contributed by atoms with Crippen molar-refractivity contribution in [3.05, 3.63) is 0 Å². The molecule has 5 atom stereocenters. The Morgan fingerprint density at radius 3 is 2.03 bits per heavy atom. The second-order valence-corrected chi connectivity index (χ2v) is 6.80. The van der Waals surface area contributed by atoms with Gasteiger partial charge >= 0.3 is 17.9 Å². The highest BCUT2D eigenvalue weighted by Gasteiger charge is 2.51. The first-order valence-corrected chi connectivity index (χ1v) is 9.67. The van der Waals surface area contributed by atoms with E-state index in [-0.39, 0.29) is 6.61 Å². The summed E-state index contributed by atoms with van der Waals surface area (Å²) >= 11 is 0. The van der Waals surface area contributed by atoms with Gasteiger partial charge in [-0.3, -0.25) is 19.2 Å². The van der Waals surface area contributed by atoms with Crippen LogP contribution in [0.15, 0.2) is 0 Å². The van der Waals surface area contributed by atoms with E-state index >= 15 is 0 Å². The number of hydrogen-bond donors (Lipinski definition) is 1. The summed E-state index contributed by atoms with van der Waals surface area (Å²) in [4.78, 5) is 46.3. The third kappa shape index (κ3) is 8.78. The molecule has 0 aromatic heterocycles. The van der Waals surface area contributed by atoms with Gasteiger partial charge in [0, 0.05) is 34.3 Å². The van der Waals surface area contributed by atoms with Crippen LogP contribution in [-0.2, 0) is 42.9 Å². The minimum absolute atomic E-state index is 0.243. The Bertz CT molecular complexity index is 580. The fourth-order valence-electron chi connectivity index (χ4n) is 2.98.